The van der Waals surface area contributed by atoms with E-state index < -0.39 is 53.1 Å². The number of hydrogen-bond donors (Lipinski definition) is 3. The Kier molecular flexibility index (Phi) is 10.1. The van der Waals surface area contributed by atoms with Crippen molar-refractivity contribution in [1.82, 2.24) is 15.5 Å². The van der Waals surface area contributed by atoms with Crippen molar-refractivity contribution in [1.29, 1.82) is 0 Å². The number of hydrogen-bond acceptors (Lipinski definition) is 10. The van der Waals surface area contributed by atoms with E-state index in [0.29, 0.717) is 16.9 Å². The van der Waals surface area contributed by atoms with Crippen molar-refractivity contribution in [3.8, 4) is 5.75 Å². The molecule has 0 saturated carbocycles. The third-order valence-electron chi connectivity index (χ3n) is 5.72. The minimum Gasteiger partial charge on any atom is -0.508 e. The van der Waals surface area contributed by atoms with E-state index in [0.717, 1.165) is 0 Å². The zero-order valence-corrected chi connectivity index (χ0v) is 24.6. The summed E-state index contributed by atoms with van der Waals surface area (Å²) in [5, 5.41) is 14.2. The number of phenols is 1. The molecule has 1 fully saturated rings. The maximum atomic E-state index is 13.4. The summed E-state index contributed by atoms with van der Waals surface area (Å²) in [7, 11) is 0. The van der Waals surface area contributed by atoms with Gasteiger partial charge in [0.2, 0.25) is 5.91 Å². The van der Waals surface area contributed by atoms with Gasteiger partial charge in [-0.05, 0) is 56.9 Å². The van der Waals surface area contributed by atoms with Crippen LogP contribution in [0.25, 0.3) is 0 Å². The van der Waals surface area contributed by atoms with Gasteiger partial charge < -0.3 is 30.0 Å². The second kappa shape index (κ2) is 13.1. The van der Waals surface area contributed by atoms with E-state index in [4.69, 9.17) is 14.2 Å². The fourth-order valence-electron chi connectivity index (χ4n) is 3.98. The number of amides is 3. The number of allylic oxidation sites excluding steroid dienone is 2. The van der Waals surface area contributed by atoms with E-state index in [9.17, 15) is 29.1 Å². The molecule has 3 N–H and O–H groups in total. The summed E-state index contributed by atoms with van der Waals surface area (Å²) in [5.41, 5.74) is -0.120. The van der Waals surface area contributed by atoms with Gasteiger partial charge in [-0.15, -0.1) is 11.8 Å². The van der Waals surface area contributed by atoms with Crippen LogP contribution in [0.1, 0.15) is 53.1 Å². The quantitative estimate of drug-likeness (QED) is 0.232. The monoisotopic (exact) mass is 589 g/mol. The van der Waals surface area contributed by atoms with Crippen LogP contribution < -0.4 is 10.6 Å². The highest BCUT2D eigenvalue weighted by Crippen LogP contribution is 2.41. The maximum absolute atomic E-state index is 13.4. The normalized spacial score (nSPS) is 19.3. The maximum Gasteiger partial charge on any atom is 0.516 e. The van der Waals surface area contributed by atoms with Gasteiger partial charge in [-0.2, -0.15) is 0 Å². The van der Waals surface area contributed by atoms with Gasteiger partial charge in [0.1, 0.15) is 34.5 Å². The van der Waals surface area contributed by atoms with Crippen molar-refractivity contribution >= 4 is 41.8 Å². The molecule has 3 rings (SSSR count). The summed E-state index contributed by atoms with van der Waals surface area (Å²) in [5.74, 6) is -2.04. The van der Waals surface area contributed by atoms with Crippen molar-refractivity contribution < 1.29 is 43.3 Å². The number of aromatic hydroxyl groups is 1. The molecule has 2 heterocycles. The molecule has 1 saturated heterocycles. The number of thioether (sulfide) groups is 1. The molecule has 0 bridgehead atoms. The number of esters is 1. The SMILES string of the molecule is C/C=C/C1=C(C(=O)OC(=O)OCC(C)C)N2C(=O)[C@@H](NC(=O)C(NC(=O)OC(C)(C)C)c3ccc(O)cc3)[C@H]2SC1. The zero-order valence-electron chi connectivity index (χ0n) is 23.8. The van der Waals surface area contributed by atoms with Crippen LogP contribution >= 0.6 is 11.8 Å². The largest absolute Gasteiger partial charge is 0.516 e. The minimum absolute atomic E-state index is 0.0301. The first-order valence-corrected chi connectivity index (χ1v) is 14.0. The van der Waals surface area contributed by atoms with Crippen molar-refractivity contribution in [3.63, 3.8) is 0 Å². The lowest BCUT2D eigenvalue weighted by Crippen LogP contribution is -2.71. The average molecular weight is 590 g/mol. The van der Waals surface area contributed by atoms with Crippen LogP contribution in [0.2, 0.25) is 0 Å². The Morgan fingerprint density at radius 1 is 1.17 bits per heavy atom. The number of phenolic OH excluding ortho intramolecular Hbond substituents is 1. The highest BCUT2D eigenvalue weighted by atomic mass is 32.2. The number of carbonyl (C=O) groups excluding carboxylic acids is 5. The predicted molar refractivity (Wildman–Crippen MR) is 149 cm³/mol. The van der Waals surface area contributed by atoms with Gasteiger partial charge in [-0.1, -0.05) is 38.1 Å². The van der Waals surface area contributed by atoms with Crippen LogP contribution in [0.4, 0.5) is 9.59 Å². The molecule has 2 aliphatic rings. The van der Waals surface area contributed by atoms with E-state index >= 15 is 0 Å². The first kappa shape index (κ1) is 31.5. The third kappa shape index (κ3) is 8.03. The van der Waals surface area contributed by atoms with E-state index in [1.54, 1.807) is 39.8 Å². The number of ether oxygens (including phenoxy) is 3. The number of rotatable bonds is 8. The second-order valence-electron chi connectivity index (χ2n) is 10.8. The lowest BCUT2D eigenvalue weighted by atomic mass is 10.0. The Morgan fingerprint density at radius 3 is 2.41 bits per heavy atom. The summed E-state index contributed by atoms with van der Waals surface area (Å²) < 4.78 is 15.1. The topological polar surface area (TPSA) is 161 Å². The van der Waals surface area contributed by atoms with Gasteiger partial charge >= 0.3 is 18.2 Å². The van der Waals surface area contributed by atoms with Gasteiger partial charge in [0.15, 0.2) is 0 Å². The molecule has 0 radical (unpaired) electrons. The molecule has 2 aliphatic heterocycles. The fourth-order valence-corrected chi connectivity index (χ4v) is 5.30. The Morgan fingerprint density at radius 2 is 1.83 bits per heavy atom. The Hall–Kier alpha value is -4.00. The van der Waals surface area contributed by atoms with Gasteiger partial charge in [0.05, 0.1) is 6.61 Å². The predicted octanol–water partition coefficient (Wildman–Crippen LogP) is 3.52. The van der Waals surface area contributed by atoms with Crippen molar-refractivity contribution in [2.75, 3.05) is 12.4 Å². The van der Waals surface area contributed by atoms with E-state index in [-0.39, 0.29) is 24.0 Å². The standard InChI is InChI=1S/C28H35N3O9S/c1-7-8-17-14-41-24-20(23(34)31(24)21(17)25(35)39-27(37)38-13-15(2)3)29-22(33)19(16-9-11-18(32)12-10-16)30-26(36)40-28(4,5)6/h7-12,15,19-20,24,32H,13-14H2,1-6H3,(H,29,33)(H,30,36)/b8-7+/t19?,20-,24-/m1/s1. The van der Waals surface area contributed by atoms with Crippen molar-refractivity contribution in [2.24, 2.45) is 5.92 Å². The van der Waals surface area contributed by atoms with Crippen LogP contribution in [0.3, 0.4) is 0 Å². The zero-order chi connectivity index (χ0) is 30.5. The van der Waals surface area contributed by atoms with E-state index in [1.807, 2.05) is 13.8 Å². The Bertz CT molecular complexity index is 1250. The molecule has 0 spiro atoms. The Balaban J connectivity index is 1.79. The second-order valence-corrected chi connectivity index (χ2v) is 11.9. The summed E-state index contributed by atoms with van der Waals surface area (Å²) in [4.78, 5) is 65.4. The molecule has 1 aromatic rings. The lowest BCUT2D eigenvalue weighted by molar-refractivity contribution is -0.151. The summed E-state index contributed by atoms with van der Waals surface area (Å²) >= 11 is 1.31. The van der Waals surface area contributed by atoms with Gasteiger partial charge in [0, 0.05) is 5.75 Å². The lowest BCUT2D eigenvalue weighted by Gasteiger charge is -2.49. The van der Waals surface area contributed by atoms with Gasteiger partial charge in [0.25, 0.3) is 5.91 Å². The molecule has 1 aromatic carbocycles. The third-order valence-corrected chi connectivity index (χ3v) is 7.02. The number of benzene rings is 1. The van der Waals surface area contributed by atoms with Crippen LogP contribution in [-0.4, -0.2) is 69.4 Å². The van der Waals surface area contributed by atoms with E-state index in [1.165, 1.54) is 40.9 Å². The number of nitrogens with one attached hydrogen (secondary N) is 2. The number of fused-ring (bicyclic) bond motifs is 1. The molecule has 3 amide bonds. The van der Waals surface area contributed by atoms with E-state index in [2.05, 4.69) is 10.6 Å². The molecule has 0 aromatic heterocycles. The molecule has 3 atom stereocenters. The number of nitrogens with zero attached hydrogens (tertiary/aromatic N) is 1. The highest BCUT2D eigenvalue weighted by Gasteiger charge is 2.55. The Labute approximate surface area is 242 Å². The molecular weight excluding hydrogens is 554 g/mol. The van der Waals surface area contributed by atoms with Crippen LogP contribution in [0, 0.1) is 5.92 Å². The van der Waals surface area contributed by atoms with Crippen LogP contribution in [0.15, 0.2) is 47.7 Å². The minimum atomic E-state index is -1.25. The van der Waals surface area contributed by atoms with Crippen molar-refractivity contribution in [3.05, 3.63) is 53.3 Å². The van der Waals surface area contributed by atoms with Crippen LogP contribution in [-0.2, 0) is 28.6 Å². The number of carbonyl (C=O) groups is 5. The number of β-lactam (4-membered cyclic amide) rings is 1. The molecule has 13 heteroatoms. The summed E-state index contributed by atoms with van der Waals surface area (Å²) in [6.45, 7) is 10.5. The fraction of sp³-hybridized carbons (Fsp3) is 0.464. The number of alkyl carbamates (subject to hydrolysis) is 1. The molecule has 41 heavy (non-hydrogen) atoms. The molecule has 12 nitrogen and oxygen atoms in total. The van der Waals surface area contributed by atoms with Gasteiger partial charge in [-0.25, -0.2) is 14.4 Å². The molecule has 0 aliphatic carbocycles. The summed E-state index contributed by atoms with van der Waals surface area (Å²) in [6.07, 6.45) is 1.31. The first-order chi connectivity index (χ1) is 19.2. The van der Waals surface area contributed by atoms with Crippen molar-refractivity contribution in [2.45, 2.75) is 64.6 Å². The van der Waals surface area contributed by atoms with Crippen LogP contribution in [0.5, 0.6) is 5.75 Å². The molecule has 222 valence electrons. The first-order valence-electron chi connectivity index (χ1n) is 13.0. The smallest absolute Gasteiger partial charge is 0.508 e. The summed E-state index contributed by atoms with van der Waals surface area (Å²) in [6, 6.07) is 3.35. The molecule has 1 unspecified atom stereocenters. The molecular formula is C28H35N3O9S. The van der Waals surface area contributed by atoms with Gasteiger partial charge in [-0.3, -0.25) is 14.5 Å². The average Bonchev–Trinajstić information content (AvgIpc) is 2.88. The highest BCUT2D eigenvalue weighted by molar-refractivity contribution is 8.00.